The maximum Gasteiger partial charge on any atom is 0.137 e. The number of aliphatic hydroxyl groups excluding tert-OH is 1. The van der Waals surface area contributed by atoms with Crippen LogP contribution in [0.1, 0.15) is 30.1 Å². The van der Waals surface area contributed by atoms with Crippen molar-refractivity contribution in [2.45, 2.75) is 25.9 Å². The lowest BCUT2D eigenvalue weighted by atomic mass is 10.1. The van der Waals surface area contributed by atoms with E-state index in [2.05, 4.69) is 10.1 Å². The number of hydrogen-bond acceptors (Lipinski definition) is 3. The highest BCUT2D eigenvalue weighted by Crippen LogP contribution is 2.26. The zero-order valence-electron chi connectivity index (χ0n) is 12.0. The van der Waals surface area contributed by atoms with Gasteiger partial charge in [-0.1, -0.05) is 24.6 Å². The maximum atomic E-state index is 10.4. The molecule has 0 spiro atoms. The van der Waals surface area contributed by atoms with E-state index < -0.39 is 6.10 Å². The fourth-order valence-corrected chi connectivity index (χ4v) is 2.81. The highest BCUT2D eigenvalue weighted by molar-refractivity contribution is 6.31. The second-order valence-corrected chi connectivity index (χ2v) is 5.41. The highest BCUT2D eigenvalue weighted by Gasteiger charge is 2.19. The van der Waals surface area contributed by atoms with Gasteiger partial charge in [0.15, 0.2) is 0 Å². The summed E-state index contributed by atoms with van der Waals surface area (Å²) in [6, 6.07) is 5.75. The molecule has 0 fully saturated rings. The molecule has 0 amide bonds. The number of imidazole rings is 1. The van der Waals surface area contributed by atoms with Gasteiger partial charge in [-0.05, 0) is 18.6 Å². The van der Waals surface area contributed by atoms with Crippen LogP contribution in [0.4, 0.5) is 0 Å². The second kappa shape index (κ2) is 5.50. The first-order valence-corrected chi connectivity index (χ1v) is 7.30. The normalized spacial score (nSPS) is 13.0. The lowest BCUT2D eigenvalue weighted by molar-refractivity contribution is 0.171. The minimum absolute atomic E-state index is 0.395. The smallest absolute Gasteiger partial charge is 0.137 e. The lowest BCUT2D eigenvalue weighted by Gasteiger charge is -2.08. The number of aromatic nitrogens is 4. The molecule has 6 heteroatoms. The minimum atomic E-state index is -0.706. The maximum absolute atomic E-state index is 10.4. The Morgan fingerprint density at radius 1 is 1.38 bits per heavy atom. The average Bonchev–Trinajstić information content (AvgIpc) is 3.03. The van der Waals surface area contributed by atoms with Crippen LogP contribution in [0.5, 0.6) is 0 Å². The van der Waals surface area contributed by atoms with Crippen LogP contribution in [-0.4, -0.2) is 24.3 Å². The van der Waals surface area contributed by atoms with Gasteiger partial charge < -0.3 is 9.51 Å². The number of halogens is 1. The van der Waals surface area contributed by atoms with Crippen LogP contribution in [0.3, 0.4) is 0 Å². The molecular weight excluding hydrogens is 288 g/mol. The summed E-state index contributed by atoms with van der Waals surface area (Å²) in [6.07, 6.45) is 4.21. The zero-order chi connectivity index (χ0) is 15.0. The predicted molar refractivity (Wildman–Crippen MR) is 81.5 cm³/mol. The van der Waals surface area contributed by atoms with Gasteiger partial charge in [0.25, 0.3) is 0 Å². The van der Waals surface area contributed by atoms with Crippen LogP contribution in [0.2, 0.25) is 5.02 Å². The van der Waals surface area contributed by atoms with E-state index in [1.807, 2.05) is 49.0 Å². The summed E-state index contributed by atoms with van der Waals surface area (Å²) >= 11 is 6.32. The van der Waals surface area contributed by atoms with E-state index in [0.717, 1.165) is 23.5 Å². The van der Waals surface area contributed by atoms with E-state index in [4.69, 9.17) is 11.6 Å². The van der Waals surface area contributed by atoms with Gasteiger partial charge in [0, 0.05) is 25.9 Å². The van der Waals surface area contributed by atoms with Gasteiger partial charge in [-0.15, -0.1) is 0 Å². The van der Waals surface area contributed by atoms with Gasteiger partial charge in [0.2, 0.25) is 0 Å². The summed E-state index contributed by atoms with van der Waals surface area (Å²) in [5.41, 5.74) is 3.14. The predicted octanol–water partition coefficient (Wildman–Crippen LogP) is 2.56. The molecule has 3 aromatic heterocycles. The first kappa shape index (κ1) is 14.1. The third-order valence-corrected chi connectivity index (χ3v) is 4.05. The lowest BCUT2D eigenvalue weighted by Crippen LogP contribution is -2.07. The van der Waals surface area contributed by atoms with E-state index in [0.29, 0.717) is 17.1 Å². The van der Waals surface area contributed by atoms with E-state index in [9.17, 15) is 5.11 Å². The third-order valence-electron chi connectivity index (χ3n) is 3.61. The summed E-state index contributed by atoms with van der Waals surface area (Å²) in [6.45, 7) is 2.01. The van der Waals surface area contributed by atoms with Crippen LogP contribution < -0.4 is 0 Å². The zero-order valence-corrected chi connectivity index (χ0v) is 12.7. The van der Waals surface area contributed by atoms with Gasteiger partial charge in [-0.3, -0.25) is 4.68 Å². The molecule has 1 atom stereocenters. The number of aliphatic hydroxyl groups is 1. The van der Waals surface area contributed by atoms with Crippen molar-refractivity contribution in [1.29, 1.82) is 0 Å². The first-order valence-electron chi connectivity index (χ1n) is 6.92. The molecule has 0 saturated heterocycles. The van der Waals surface area contributed by atoms with Crippen molar-refractivity contribution in [3.05, 3.63) is 52.7 Å². The summed E-state index contributed by atoms with van der Waals surface area (Å²) in [5, 5.41) is 15.4. The molecule has 0 aliphatic carbocycles. The van der Waals surface area contributed by atoms with E-state index in [1.165, 1.54) is 0 Å². The van der Waals surface area contributed by atoms with Crippen molar-refractivity contribution in [1.82, 2.24) is 19.2 Å². The number of nitrogens with zero attached hydrogens (tertiary/aromatic N) is 4. The van der Waals surface area contributed by atoms with Crippen LogP contribution in [0, 0.1) is 0 Å². The van der Waals surface area contributed by atoms with E-state index in [1.54, 1.807) is 4.68 Å². The number of hydrogen-bond donors (Lipinski definition) is 1. The topological polar surface area (TPSA) is 55.3 Å². The highest BCUT2D eigenvalue weighted by atomic mass is 35.5. The fourth-order valence-electron chi connectivity index (χ4n) is 2.44. The number of pyridine rings is 1. The molecular formula is C15H17ClN4O. The van der Waals surface area contributed by atoms with Crippen molar-refractivity contribution in [3.8, 4) is 0 Å². The Morgan fingerprint density at radius 3 is 2.86 bits per heavy atom. The largest absolute Gasteiger partial charge is 0.386 e. The Hall–Kier alpha value is -1.85. The molecule has 3 aromatic rings. The molecule has 0 saturated carbocycles. The average molecular weight is 305 g/mol. The minimum Gasteiger partial charge on any atom is -0.386 e. The standard InChI is InChI=1S/C15H17ClN4O/c1-3-10-15(16)12(19(2)18-10)8-13(21)11-9-20-7-5-4-6-14(20)17-11/h4-7,9,13,21H,3,8H2,1-2H3. The molecule has 5 nitrogen and oxygen atoms in total. The van der Waals surface area contributed by atoms with Gasteiger partial charge in [0.05, 0.1) is 22.1 Å². The Bertz CT molecular complexity index is 744. The van der Waals surface area contributed by atoms with Crippen LogP contribution >= 0.6 is 11.6 Å². The van der Waals surface area contributed by atoms with Crippen molar-refractivity contribution < 1.29 is 5.11 Å². The molecule has 3 rings (SSSR count). The Balaban J connectivity index is 1.89. The van der Waals surface area contributed by atoms with Crippen molar-refractivity contribution >= 4 is 17.2 Å². The van der Waals surface area contributed by atoms with Crippen molar-refractivity contribution in [2.24, 2.45) is 7.05 Å². The summed E-state index contributed by atoms with van der Waals surface area (Å²) in [4.78, 5) is 4.44. The SMILES string of the molecule is CCc1nn(C)c(CC(O)c2cn3ccccc3n2)c1Cl. The molecule has 0 radical (unpaired) electrons. The Morgan fingerprint density at radius 2 is 2.19 bits per heavy atom. The molecule has 1 N–H and O–H groups in total. The fraction of sp³-hybridized carbons (Fsp3) is 0.333. The number of fused-ring (bicyclic) bond motifs is 1. The van der Waals surface area contributed by atoms with Crippen LogP contribution in [-0.2, 0) is 19.9 Å². The quantitative estimate of drug-likeness (QED) is 0.806. The third kappa shape index (κ3) is 2.54. The number of rotatable bonds is 4. The van der Waals surface area contributed by atoms with Crippen LogP contribution in [0.25, 0.3) is 5.65 Å². The summed E-state index contributed by atoms with van der Waals surface area (Å²) in [5.74, 6) is 0. The monoisotopic (exact) mass is 304 g/mol. The van der Waals surface area contributed by atoms with Gasteiger partial charge in [-0.25, -0.2) is 4.98 Å². The molecule has 21 heavy (non-hydrogen) atoms. The van der Waals surface area contributed by atoms with E-state index >= 15 is 0 Å². The van der Waals surface area contributed by atoms with Crippen LogP contribution in [0.15, 0.2) is 30.6 Å². The van der Waals surface area contributed by atoms with Gasteiger partial charge in [-0.2, -0.15) is 5.10 Å². The molecule has 3 heterocycles. The molecule has 110 valence electrons. The van der Waals surface area contributed by atoms with Crippen molar-refractivity contribution in [3.63, 3.8) is 0 Å². The Kier molecular flexibility index (Phi) is 3.69. The molecule has 0 aliphatic rings. The summed E-state index contributed by atoms with van der Waals surface area (Å²) in [7, 11) is 1.84. The first-order chi connectivity index (χ1) is 10.1. The van der Waals surface area contributed by atoms with Crippen molar-refractivity contribution in [2.75, 3.05) is 0 Å². The summed E-state index contributed by atoms with van der Waals surface area (Å²) < 4.78 is 3.63. The molecule has 0 bridgehead atoms. The van der Waals surface area contributed by atoms with E-state index in [-0.39, 0.29) is 0 Å². The van der Waals surface area contributed by atoms with Gasteiger partial charge >= 0.3 is 0 Å². The number of aryl methyl sites for hydroxylation is 2. The molecule has 0 aromatic carbocycles. The van der Waals surface area contributed by atoms with Gasteiger partial charge in [0.1, 0.15) is 11.8 Å². The Labute approximate surface area is 127 Å². The molecule has 0 aliphatic heterocycles. The second-order valence-electron chi connectivity index (χ2n) is 5.04. The molecule has 1 unspecified atom stereocenters.